The average molecular weight is 434 g/mol. The van der Waals surface area contributed by atoms with Crippen molar-refractivity contribution < 1.29 is 13.9 Å². The number of halogens is 3. The van der Waals surface area contributed by atoms with Gasteiger partial charge in [0, 0.05) is 22.2 Å². The van der Waals surface area contributed by atoms with Gasteiger partial charge in [0.05, 0.1) is 7.11 Å². The molecule has 29 heavy (non-hydrogen) atoms. The molecule has 0 radical (unpaired) electrons. The van der Waals surface area contributed by atoms with E-state index in [0.717, 1.165) is 11.1 Å². The lowest BCUT2D eigenvalue weighted by atomic mass is 10.1. The van der Waals surface area contributed by atoms with Crippen LogP contribution in [-0.2, 0) is 19.6 Å². The second-order valence-electron chi connectivity index (χ2n) is 6.49. The first-order valence-corrected chi connectivity index (χ1v) is 10.0. The van der Waals surface area contributed by atoms with Crippen molar-refractivity contribution >= 4 is 23.2 Å². The Morgan fingerprint density at radius 3 is 2.41 bits per heavy atom. The highest BCUT2D eigenvalue weighted by Crippen LogP contribution is 2.31. The Bertz CT molecular complexity index is 945. The second kappa shape index (κ2) is 10.5. The predicted molar refractivity (Wildman–Crippen MR) is 116 cm³/mol. The van der Waals surface area contributed by atoms with Crippen LogP contribution >= 0.6 is 23.2 Å². The summed E-state index contributed by atoms with van der Waals surface area (Å²) >= 11 is 12.4. The van der Waals surface area contributed by atoms with E-state index in [2.05, 4.69) is 5.32 Å². The molecule has 0 aliphatic heterocycles. The van der Waals surface area contributed by atoms with Crippen LogP contribution in [0.15, 0.2) is 60.7 Å². The summed E-state index contributed by atoms with van der Waals surface area (Å²) in [4.78, 5) is 0. The van der Waals surface area contributed by atoms with Crippen LogP contribution in [0.3, 0.4) is 0 Å². The average Bonchev–Trinajstić information content (AvgIpc) is 2.72. The van der Waals surface area contributed by atoms with Crippen LogP contribution in [0.2, 0.25) is 10.0 Å². The Morgan fingerprint density at radius 2 is 1.69 bits per heavy atom. The maximum atomic E-state index is 13.7. The minimum Gasteiger partial charge on any atom is -0.493 e. The summed E-state index contributed by atoms with van der Waals surface area (Å²) in [5.41, 5.74) is 2.48. The first kappa shape index (κ1) is 21.4. The molecule has 0 aliphatic rings. The summed E-state index contributed by atoms with van der Waals surface area (Å²) in [5.74, 6) is 1.07. The van der Waals surface area contributed by atoms with Gasteiger partial charge < -0.3 is 14.8 Å². The topological polar surface area (TPSA) is 30.5 Å². The smallest absolute Gasteiger partial charge is 0.161 e. The maximum Gasteiger partial charge on any atom is 0.161 e. The van der Waals surface area contributed by atoms with Crippen LogP contribution in [0.5, 0.6) is 11.5 Å². The summed E-state index contributed by atoms with van der Waals surface area (Å²) < 4.78 is 25.0. The van der Waals surface area contributed by atoms with Crippen LogP contribution in [0, 0.1) is 5.82 Å². The molecular weight excluding hydrogens is 412 g/mol. The fourth-order valence-corrected chi connectivity index (χ4v) is 3.42. The molecule has 0 unspecified atom stereocenters. The third-order valence-electron chi connectivity index (χ3n) is 4.52. The Kier molecular flexibility index (Phi) is 7.76. The van der Waals surface area contributed by atoms with Gasteiger partial charge in [0.1, 0.15) is 12.4 Å². The van der Waals surface area contributed by atoms with Crippen LogP contribution in [-0.4, -0.2) is 13.7 Å². The molecule has 0 atom stereocenters. The SMILES string of the molecule is COc1cc(CNCCc2ccccc2F)ccc1OCc1c(Cl)cccc1Cl. The Labute approximate surface area is 180 Å². The molecule has 0 saturated carbocycles. The van der Waals surface area contributed by atoms with E-state index >= 15 is 0 Å². The molecule has 152 valence electrons. The van der Waals surface area contributed by atoms with Crippen molar-refractivity contribution in [1.29, 1.82) is 0 Å². The van der Waals surface area contributed by atoms with Crippen molar-refractivity contribution in [3.8, 4) is 11.5 Å². The standard InChI is InChI=1S/C23H22Cl2FNO2/c1-28-23-13-16(14-27-12-11-17-5-2-3-8-21(17)26)9-10-22(23)29-15-18-19(24)6-4-7-20(18)25/h2-10,13,27H,11-12,14-15H2,1H3. The predicted octanol–water partition coefficient (Wildman–Crippen LogP) is 6.05. The lowest BCUT2D eigenvalue weighted by molar-refractivity contribution is 0.284. The van der Waals surface area contributed by atoms with Crippen LogP contribution in [0.4, 0.5) is 4.39 Å². The molecular formula is C23H22Cl2FNO2. The monoisotopic (exact) mass is 433 g/mol. The maximum absolute atomic E-state index is 13.7. The van der Waals surface area contributed by atoms with Crippen LogP contribution in [0.1, 0.15) is 16.7 Å². The molecule has 3 rings (SSSR count). The molecule has 3 aromatic carbocycles. The normalized spacial score (nSPS) is 10.8. The number of rotatable bonds is 9. The largest absolute Gasteiger partial charge is 0.493 e. The van der Waals surface area contributed by atoms with Gasteiger partial charge in [-0.2, -0.15) is 0 Å². The number of ether oxygens (including phenoxy) is 2. The Balaban J connectivity index is 1.56. The molecule has 0 amide bonds. The number of benzene rings is 3. The van der Waals surface area contributed by atoms with E-state index in [4.69, 9.17) is 32.7 Å². The first-order chi connectivity index (χ1) is 14.1. The molecule has 1 N–H and O–H groups in total. The van der Waals surface area contributed by atoms with Gasteiger partial charge in [0.2, 0.25) is 0 Å². The number of hydrogen-bond acceptors (Lipinski definition) is 3. The third-order valence-corrected chi connectivity index (χ3v) is 5.23. The van der Waals surface area contributed by atoms with Crippen molar-refractivity contribution in [3.05, 3.63) is 93.2 Å². The summed E-state index contributed by atoms with van der Waals surface area (Å²) in [6.07, 6.45) is 0.629. The van der Waals surface area contributed by atoms with Crippen molar-refractivity contribution in [2.45, 2.75) is 19.6 Å². The fraction of sp³-hybridized carbons (Fsp3) is 0.217. The molecule has 0 aliphatic carbocycles. The van der Waals surface area contributed by atoms with Crippen LogP contribution < -0.4 is 14.8 Å². The van der Waals surface area contributed by atoms with Gasteiger partial charge in [0.15, 0.2) is 11.5 Å². The lowest BCUT2D eigenvalue weighted by Gasteiger charge is -2.14. The van der Waals surface area contributed by atoms with Gasteiger partial charge in [0.25, 0.3) is 0 Å². The molecule has 0 aromatic heterocycles. The van der Waals surface area contributed by atoms with Crippen molar-refractivity contribution in [1.82, 2.24) is 5.32 Å². The van der Waals surface area contributed by atoms with E-state index in [1.54, 1.807) is 37.4 Å². The summed E-state index contributed by atoms with van der Waals surface area (Å²) in [5, 5.41) is 4.45. The Morgan fingerprint density at radius 1 is 0.931 bits per heavy atom. The van der Waals surface area contributed by atoms with Gasteiger partial charge in [-0.3, -0.25) is 0 Å². The van der Waals surface area contributed by atoms with E-state index in [1.807, 2.05) is 24.3 Å². The second-order valence-corrected chi connectivity index (χ2v) is 7.31. The van der Waals surface area contributed by atoms with Crippen molar-refractivity contribution in [2.75, 3.05) is 13.7 Å². The van der Waals surface area contributed by atoms with Gasteiger partial charge in [-0.05, 0) is 54.4 Å². The molecule has 0 fully saturated rings. The third kappa shape index (κ3) is 5.86. The molecule has 3 aromatic rings. The zero-order chi connectivity index (χ0) is 20.6. The lowest BCUT2D eigenvalue weighted by Crippen LogP contribution is -2.17. The summed E-state index contributed by atoms with van der Waals surface area (Å²) in [6.45, 7) is 1.56. The van der Waals surface area contributed by atoms with Crippen molar-refractivity contribution in [2.24, 2.45) is 0 Å². The number of nitrogens with one attached hydrogen (secondary N) is 1. The van der Waals surface area contributed by atoms with Crippen molar-refractivity contribution in [3.63, 3.8) is 0 Å². The van der Waals surface area contributed by atoms with E-state index in [-0.39, 0.29) is 12.4 Å². The quantitative estimate of drug-likeness (QED) is 0.416. The molecule has 3 nitrogen and oxygen atoms in total. The van der Waals surface area contributed by atoms with E-state index < -0.39 is 0 Å². The van der Waals surface area contributed by atoms with Gasteiger partial charge in [-0.1, -0.05) is 53.5 Å². The zero-order valence-electron chi connectivity index (χ0n) is 16.1. The number of hydrogen-bond donors (Lipinski definition) is 1. The van der Waals surface area contributed by atoms with E-state index in [1.165, 1.54) is 6.07 Å². The highest BCUT2D eigenvalue weighted by Gasteiger charge is 2.10. The highest BCUT2D eigenvalue weighted by atomic mass is 35.5. The first-order valence-electron chi connectivity index (χ1n) is 9.25. The zero-order valence-corrected chi connectivity index (χ0v) is 17.6. The minimum atomic E-state index is -0.170. The summed E-state index contributed by atoms with van der Waals surface area (Å²) in [7, 11) is 1.60. The van der Waals surface area contributed by atoms with E-state index in [9.17, 15) is 4.39 Å². The highest BCUT2D eigenvalue weighted by molar-refractivity contribution is 6.35. The molecule has 0 spiro atoms. The van der Waals surface area contributed by atoms with Gasteiger partial charge in [-0.15, -0.1) is 0 Å². The summed E-state index contributed by atoms with van der Waals surface area (Å²) in [6, 6.07) is 17.9. The molecule has 0 heterocycles. The van der Waals surface area contributed by atoms with E-state index in [0.29, 0.717) is 46.6 Å². The number of methoxy groups -OCH3 is 1. The molecule has 0 saturated heterocycles. The minimum absolute atomic E-state index is 0.170. The van der Waals surface area contributed by atoms with Gasteiger partial charge in [-0.25, -0.2) is 4.39 Å². The Hall–Kier alpha value is -2.27. The van der Waals surface area contributed by atoms with Gasteiger partial charge >= 0.3 is 0 Å². The fourth-order valence-electron chi connectivity index (χ4n) is 2.92. The van der Waals surface area contributed by atoms with Crippen LogP contribution in [0.25, 0.3) is 0 Å². The molecule has 6 heteroatoms. The molecule has 0 bridgehead atoms.